The summed E-state index contributed by atoms with van der Waals surface area (Å²) in [6.45, 7) is 0. The van der Waals surface area contributed by atoms with E-state index in [-0.39, 0.29) is 0 Å². The molecule has 0 amide bonds. The number of hydrogen-bond donors (Lipinski definition) is 2. The normalized spacial score (nSPS) is 20.1. The number of rotatable bonds is 1. The molecule has 0 bridgehead atoms. The van der Waals surface area contributed by atoms with Crippen LogP contribution in [0, 0.1) is 0 Å². The number of pyridine rings is 1. The molecule has 0 unspecified atom stereocenters. The van der Waals surface area contributed by atoms with Gasteiger partial charge in [0.15, 0.2) is 0 Å². The lowest BCUT2D eigenvalue weighted by atomic mass is 9.80. The zero-order chi connectivity index (χ0) is 10.9. The van der Waals surface area contributed by atoms with Crippen molar-refractivity contribution >= 4 is 17.4 Å². The van der Waals surface area contributed by atoms with Gasteiger partial charge in [-0.2, -0.15) is 0 Å². The summed E-state index contributed by atoms with van der Waals surface area (Å²) >= 11 is 5.87. The van der Waals surface area contributed by atoms with Crippen LogP contribution < -0.4 is 5.73 Å². The van der Waals surface area contributed by atoms with E-state index in [0.29, 0.717) is 16.4 Å². The van der Waals surface area contributed by atoms with E-state index in [1.807, 2.05) is 0 Å². The zero-order valence-electron chi connectivity index (χ0n) is 8.54. The smallest absolute Gasteiger partial charge is 0.129 e. The van der Waals surface area contributed by atoms with Crippen LogP contribution in [0.25, 0.3) is 0 Å². The van der Waals surface area contributed by atoms with E-state index >= 15 is 0 Å². The standard InChI is InChI=1S/C11H15ClN2O/c12-8-6-9(10(13)14-7-8)11(15)4-2-1-3-5-11/h6-7,15H,1-5H2,(H2,13,14). The van der Waals surface area contributed by atoms with Crippen LogP contribution in [0.2, 0.25) is 5.02 Å². The van der Waals surface area contributed by atoms with E-state index in [0.717, 1.165) is 25.7 Å². The van der Waals surface area contributed by atoms with Crippen molar-refractivity contribution < 1.29 is 5.11 Å². The molecule has 1 aliphatic carbocycles. The van der Waals surface area contributed by atoms with Crippen LogP contribution >= 0.6 is 11.6 Å². The molecule has 1 aliphatic rings. The fourth-order valence-electron chi connectivity index (χ4n) is 2.23. The van der Waals surface area contributed by atoms with Crippen molar-refractivity contribution in [3.05, 3.63) is 22.8 Å². The number of halogens is 1. The molecule has 3 N–H and O–H groups in total. The highest BCUT2D eigenvalue weighted by atomic mass is 35.5. The van der Waals surface area contributed by atoms with Crippen LogP contribution in [-0.4, -0.2) is 10.1 Å². The number of nitrogens with zero attached hydrogens (tertiary/aromatic N) is 1. The van der Waals surface area contributed by atoms with Gasteiger partial charge in [0, 0.05) is 11.8 Å². The SMILES string of the molecule is Nc1ncc(Cl)cc1C1(O)CCCCC1. The van der Waals surface area contributed by atoms with Gasteiger partial charge in [-0.3, -0.25) is 0 Å². The monoisotopic (exact) mass is 226 g/mol. The third kappa shape index (κ3) is 2.08. The molecule has 0 aromatic carbocycles. The molecule has 0 spiro atoms. The lowest BCUT2D eigenvalue weighted by molar-refractivity contribution is -0.000149. The Morgan fingerprint density at radius 1 is 1.33 bits per heavy atom. The summed E-state index contributed by atoms with van der Waals surface area (Å²) in [5.41, 5.74) is 5.65. The van der Waals surface area contributed by atoms with Crippen molar-refractivity contribution in [2.75, 3.05) is 5.73 Å². The van der Waals surface area contributed by atoms with Crippen LogP contribution in [0.1, 0.15) is 37.7 Å². The fraction of sp³-hybridized carbons (Fsp3) is 0.545. The largest absolute Gasteiger partial charge is 0.385 e. The maximum Gasteiger partial charge on any atom is 0.129 e. The third-order valence-corrected chi connectivity index (χ3v) is 3.27. The Morgan fingerprint density at radius 3 is 2.67 bits per heavy atom. The molecular weight excluding hydrogens is 212 g/mol. The number of anilines is 1. The second-order valence-corrected chi connectivity index (χ2v) is 4.62. The first-order valence-electron chi connectivity index (χ1n) is 5.26. The van der Waals surface area contributed by atoms with Crippen LogP contribution in [-0.2, 0) is 5.60 Å². The average molecular weight is 227 g/mol. The quantitative estimate of drug-likeness (QED) is 0.774. The Morgan fingerprint density at radius 2 is 2.00 bits per heavy atom. The molecule has 0 radical (unpaired) electrons. The first kappa shape index (κ1) is 10.7. The Balaban J connectivity index is 2.38. The molecule has 2 rings (SSSR count). The molecule has 0 aliphatic heterocycles. The minimum absolute atomic E-state index is 0.392. The second-order valence-electron chi connectivity index (χ2n) is 4.18. The molecule has 3 nitrogen and oxygen atoms in total. The van der Waals surface area contributed by atoms with Gasteiger partial charge in [-0.25, -0.2) is 4.98 Å². The number of hydrogen-bond acceptors (Lipinski definition) is 3. The highest BCUT2D eigenvalue weighted by Crippen LogP contribution is 2.39. The highest BCUT2D eigenvalue weighted by molar-refractivity contribution is 6.30. The van der Waals surface area contributed by atoms with Gasteiger partial charge in [0.2, 0.25) is 0 Å². The molecule has 1 aromatic heterocycles. The summed E-state index contributed by atoms with van der Waals surface area (Å²) < 4.78 is 0. The Hall–Kier alpha value is -0.800. The highest BCUT2D eigenvalue weighted by Gasteiger charge is 2.33. The fourth-order valence-corrected chi connectivity index (χ4v) is 2.39. The Labute approximate surface area is 94.3 Å². The maximum atomic E-state index is 10.5. The average Bonchev–Trinajstić information content (AvgIpc) is 2.23. The van der Waals surface area contributed by atoms with Crippen LogP contribution in [0.5, 0.6) is 0 Å². The maximum absolute atomic E-state index is 10.5. The van der Waals surface area contributed by atoms with Gasteiger partial charge >= 0.3 is 0 Å². The first-order valence-corrected chi connectivity index (χ1v) is 5.63. The molecule has 1 heterocycles. The van der Waals surface area contributed by atoms with E-state index in [1.165, 1.54) is 12.6 Å². The van der Waals surface area contributed by atoms with Gasteiger partial charge in [0.1, 0.15) is 5.82 Å². The Kier molecular flexibility index (Phi) is 2.85. The topological polar surface area (TPSA) is 59.1 Å². The summed E-state index contributed by atoms with van der Waals surface area (Å²) in [7, 11) is 0. The summed E-state index contributed by atoms with van der Waals surface area (Å²) in [5.74, 6) is 0.392. The molecule has 4 heteroatoms. The van der Waals surface area contributed by atoms with Crippen molar-refractivity contribution in [2.45, 2.75) is 37.7 Å². The molecule has 82 valence electrons. The summed E-state index contributed by atoms with van der Waals surface area (Å²) in [6.07, 6.45) is 6.24. The van der Waals surface area contributed by atoms with E-state index in [1.54, 1.807) is 6.07 Å². The van der Waals surface area contributed by atoms with Gasteiger partial charge in [-0.15, -0.1) is 0 Å². The number of aromatic nitrogens is 1. The van der Waals surface area contributed by atoms with E-state index in [2.05, 4.69) is 4.98 Å². The van der Waals surface area contributed by atoms with E-state index in [4.69, 9.17) is 17.3 Å². The van der Waals surface area contributed by atoms with Gasteiger partial charge in [-0.1, -0.05) is 30.9 Å². The van der Waals surface area contributed by atoms with Gasteiger partial charge < -0.3 is 10.8 Å². The summed E-state index contributed by atoms with van der Waals surface area (Å²) in [4.78, 5) is 3.98. The predicted molar refractivity (Wildman–Crippen MR) is 60.6 cm³/mol. The Bertz CT molecular complexity index is 362. The van der Waals surface area contributed by atoms with Gasteiger partial charge in [-0.05, 0) is 18.9 Å². The summed E-state index contributed by atoms with van der Waals surface area (Å²) in [6, 6.07) is 1.73. The van der Waals surface area contributed by atoms with Crippen molar-refractivity contribution in [3.63, 3.8) is 0 Å². The summed E-state index contributed by atoms with van der Waals surface area (Å²) in [5, 5.41) is 11.0. The minimum Gasteiger partial charge on any atom is -0.385 e. The van der Waals surface area contributed by atoms with Crippen molar-refractivity contribution in [1.82, 2.24) is 4.98 Å². The van der Waals surface area contributed by atoms with E-state index in [9.17, 15) is 5.11 Å². The first-order chi connectivity index (χ1) is 7.12. The molecule has 0 atom stereocenters. The molecule has 0 saturated heterocycles. The van der Waals surface area contributed by atoms with Gasteiger partial charge in [0.05, 0.1) is 10.6 Å². The molecule has 1 aromatic rings. The second kappa shape index (κ2) is 3.99. The molecule has 15 heavy (non-hydrogen) atoms. The minimum atomic E-state index is -0.819. The van der Waals surface area contributed by atoms with Crippen molar-refractivity contribution in [3.8, 4) is 0 Å². The van der Waals surface area contributed by atoms with Crippen LogP contribution in [0.15, 0.2) is 12.3 Å². The zero-order valence-corrected chi connectivity index (χ0v) is 9.30. The number of aliphatic hydroxyl groups is 1. The van der Waals surface area contributed by atoms with E-state index < -0.39 is 5.60 Å². The predicted octanol–water partition coefficient (Wildman–Crippen LogP) is 2.47. The van der Waals surface area contributed by atoms with Crippen LogP contribution in [0.4, 0.5) is 5.82 Å². The third-order valence-electron chi connectivity index (χ3n) is 3.07. The molecule has 1 saturated carbocycles. The lowest BCUT2D eigenvalue weighted by Gasteiger charge is -2.33. The molecule has 1 fully saturated rings. The lowest BCUT2D eigenvalue weighted by Crippen LogP contribution is -2.29. The van der Waals surface area contributed by atoms with Crippen molar-refractivity contribution in [1.29, 1.82) is 0 Å². The number of nitrogen functional groups attached to an aromatic ring is 1. The molecular formula is C11H15ClN2O. The number of nitrogens with two attached hydrogens (primary N) is 1. The van der Waals surface area contributed by atoms with Crippen molar-refractivity contribution in [2.24, 2.45) is 0 Å². The van der Waals surface area contributed by atoms with Gasteiger partial charge in [0.25, 0.3) is 0 Å². The van der Waals surface area contributed by atoms with Crippen LogP contribution in [0.3, 0.4) is 0 Å².